The van der Waals surface area contributed by atoms with Gasteiger partial charge in [0, 0.05) is 49.5 Å². The van der Waals surface area contributed by atoms with Crippen LogP contribution in [0.4, 0.5) is 17.1 Å². The number of ketones is 1. The van der Waals surface area contributed by atoms with Crippen molar-refractivity contribution in [3.8, 4) is 22.3 Å². The highest BCUT2D eigenvalue weighted by Crippen LogP contribution is 2.57. The number of nitrogens with zero attached hydrogens (tertiary/aromatic N) is 1. The first kappa shape index (κ1) is 31.5. The highest BCUT2D eigenvalue weighted by atomic mass is 16.3. The summed E-state index contributed by atoms with van der Waals surface area (Å²) in [6, 6.07) is 47.3. The van der Waals surface area contributed by atoms with Crippen LogP contribution >= 0.6 is 0 Å². The lowest BCUT2D eigenvalue weighted by molar-refractivity contribution is -0.109. The van der Waals surface area contributed by atoms with E-state index in [1.807, 2.05) is 0 Å². The number of hydrogen-bond donors (Lipinski definition) is 4. The van der Waals surface area contributed by atoms with Crippen LogP contribution in [0.5, 0.6) is 0 Å². The van der Waals surface area contributed by atoms with Gasteiger partial charge in [-0.1, -0.05) is 109 Å². The number of carbonyl (C=O) groups excluding carboxylic acids is 1. The minimum atomic E-state index is -0.894. The second kappa shape index (κ2) is 10.4. The predicted molar refractivity (Wildman–Crippen MR) is 238 cm³/mol. The Morgan fingerprint density at radius 1 is 0.483 bits per heavy atom. The molecule has 4 N–H and O–H groups in total. The van der Waals surface area contributed by atoms with Crippen molar-refractivity contribution in [2.75, 3.05) is 16.0 Å². The van der Waals surface area contributed by atoms with Crippen LogP contribution in [0.25, 0.3) is 54.9 Å². The van der Waals surface area contributed by atoms with E-state index in [-0.39, 0.29) is 11.5 Å². The number of rotatable bonds is 1. The third-order valence-corrected chi connectivity index (χ3v) is 14.8. The molecule has 8 aromatic carbocycles. The SMILES string of the molecule is O=C1C(c2cc3c4c(ccc5c4c2NC2(N5)c4ccccc4-c4ccccc42)CC3)=C(O)/C1=c1/cc2c3c(ccc4c3c1NC1(N=4)c3ccccc3-c3ccccc31)CC2. The fourth-order valence-corrected chi connectivity index (χ4v) is 12.3. The van der Waals surface area contributed by atoms with Crippen LogP contribution in [0.1, 0.15) is 50.1 Å². The molecule has 0 radical (unpaired) electrons. The van der Waals surface area contributed by atoms with Gasteiger partial charge >= 0.3 is 0 Å². The number of benzene rings is 8. The molecule has 0 saturated heterocycles. The number of Topliss-reactive ketones (excluding diaryl/α,β-unsaturated/α-hetero) is 1. The molecule has 0 saturated carbocycles. The van der Waals surface area contributed by atoms with Gasteiger partial charge in [-0.3, -0.25) is 4.79 Å². The van der Waals surface area contributed by atoms with Crippen molar-refractivity contribution >= 4 is 55.5 Å². The zero-order valence-corrected chi connectivity index (χ0v) is 32.3. The number of anilines is 3. The molecule has 0 unspecified atom stereocenters. The number of aliphatic hydroxyl groups excluding tert-OH is 1. The first-order valence-electron chi connectivity index (χ1n) is 21.1. The molecule has 6 nitrogen and oxygen atoms in total. The Hall–Kier alpha value is -7.44. The molecule has 2 heterocycles. The third kappa shape index (κ3) is 3.49. The average molecular weight is 771 g/mol. The molecule has 15 rings (SSSR count). The number of nitrogens with one attached hydrogen (secondary N) is 3. The van der Waals surface area contributed by atoms with E-state index >= 15 is 4.79 Å². The minimum Gasteiger partial charge on any atom is -0.506 e. The van der Waals surface area contributed by atoms with E-state index in [0.717, 1.165) is 103 Å². The summed E-state index contributed by atoms with van der Waals surface area (Å²) in [5.74, 6) is -0.0964. The largest absolute Gasteiger partial charge is 0.506 e. The summed E-state index contributed by atoms with van der Waals surface area (Å²) >= 11 is 0. The Morgan fingerprint density at radius 2 is 1.03 bits per heavy atom. The minimum absolute atomic E-state index is 0.0455. The first-order valence-corrected chi connectivity index (χ1v) is 21.1. The van der Waals surface area contributed by atoms with Crippen LogP contribution in [0.15, 0.2) is 144 Å². The van der Waals surface area contributed by atoms with E-state index in [0.29, 0.717) is 11.1 Å². The van der Waals surface area contributed by atoms with Crippen molar-refractivity contribution < 1.29 is 9.90 Å². The summed E-state index contributed by atoms with van der Waals surface area (Å²) in [5, 5.41) is 30.9. The number of carbonyl (C=O) groups is 1. The van der Waals surface area contributed by atoms with Gasteiger partial charge in [0.25, 0.3) is 0 Å². The van der Waals surface area contributed by atoms with Crippen molar-refractivity contribution in [1.29, 1.82) is 0 Å². The van der Waals surface area contributed by atoms with Crippen molar-refractivity contribution in [2.45, 2.75) is 37.0 Å². The zero-order valence-electron chi connectivity index (χ0n) is 32.3. The van der Waals surface area contributed by atoms with E-state index in [4.69, 9.17) is 4.99 Å². The van der Waals surface area contributed by atoms with Crippen LogP contribution in [0.3, 0.4) is 0 Å². The Morgan fingerprint density at radius 3 is 1.68 bits per heavy atom. The Labute approximate surface area is 344 Å². The number of fused-ring (bicyclic) bond motifs is 10. The van der Waals surface area contributed by atoms with Crippen molar-refractivity contribution in [2.24, 2.45) is 4.99 Å². The smallest absolute Gasteiger partial charge is 0.201 e. The lowest BCUT2D eigenvalue weighted by atomic mass is 9.78. The molecule has 7 aliphatic rings. The summed E-state index contributed by atoms with van der Waals surface area (Å²) in [4.78, 5) is 20.9. The van der Waals surface area contributed by atoms with Crippen molar-refractivity contribution in [1.82, 2.24) is 0 Å². The van der Waals surface area contributed by atoms with Gasteiger partial charge in [0.05, 0.1) is 27.9 Å². The van der Waals surface area contributed by atoms with E-state index in [1.54, 1.807) is 0 Å². The molecule has 0 atom stereocenters. The lowest BCUT2D eigenvalue weighted by Gasteiger charge is -2.42. The van der Waals surface area contributed by atoms with Crippen LogP contribution in [0, 0.1) is 0 Å². The topological polar surface area (TPSA) is 85.8 Å². The van der Waals surface area contributed by atoms with E-state index in [1.165, 1.54) is 44.2 Å². The summed E-state index contributed by atoms with van der Waals surface area (Å²) in [6.45, 7) is 0. The van der Waals surface area contributed by atoms with Crippen LogP contribution in [-0.4, -0.2) is 10.9 Å². The molecule has 2 spiro atoms. The maximum Gasteiger partial charge on any atom is 0.201 e. The molecular formula is C54H34N4O2. The fourth-order valence-electron chi connectivity index (χ4n) is 12.3. The summed E-state index contributed by atoms with van der Waals surface area (Å²) < 4.78 is 0. The predicted octanol–water partition coefficient (Wildman–Crippen LogP) is 9.54. The monoisotopic (exact) mass is 770 g/mol. The highest BCUT2D eigenvalue weighted by molar-refractivity contribution is 6.52. The van der Waals surface area contributed by atoms with Gasteiger partial charge in [0.1, 0.15) is 5.76 Å². The second-order valence-electron chi connectivity index (χ2n) is 17.5. The maximum atomic E-state index is 15.3. The second-order valence-corrected chi connectivity index (χ2v) is 17.5. The van der Waals surface area contributed by atoms with Gasteiger partial charge in [-0.25, -0.2) is 4.99 Å². The third-order valence-electron chi connectivity index (χ3n) is 14.8. The first-order chi connectivity index (χ1) is 29.5. The van der Waals surface area contributed by atoms with Gasteiger partial charge in [0.2, 0.25) is 5.78 Å². The number of allylic oxidation sites excluding steroid dienone is 2. The standard InChI is InChI=1S/C54H34N4O2/c59-51-45(35-25-29-19-17-27-21-23-41-47(43(27)29)49(35)57-53(55-41)37-13-5-1-9-31(37)32-10-2-6-14-38(32)53)52(60)46(51)36-26-30-20-18-28-22-24-42-48(44(28)30)50(36)58-54(56-42)39-15-7-3-11-33(39)34-12-4-8-16-40(34)54/h1-16,21-26,55,57-59H,17-20H2/b46-36+. The molecule has 8 aromatic rings. The number of aliphatic hydroxyl groups is 1. The van der Waals surface area contributed by atoms with Gasteiger partial charge in [-0.2, -0.15) is 0 Å². The molecule has 5 aliphatic carbocycles. The molecule has 0 aromatic heterocycles. The molecule has 0 fully saturated rings. The molecule has 0 bridgehead atoms. The van der Waals surface area contributed by atoms with Gasteiger partial charge in [-0.15, -0.1) is 0 Å². The summed E-state index contributed by atoms with van der Waals surface area (Å²) in [6.07, 6.45) is 3.65. The highest BCUT2D eigenvalue weighted by Gasteiger charge is 2.49. The fraction of sp³-hybridized carbons (Fsp3) is 0.111. The molecule has 6 heteroatoms. The van der Waals surface area contributed by atoms with Gasteiger partial charge in [-0.05, 0) is 105 Å². The van der Waals surface area contributed by atoms with Crippen molar-refractivity contribution in [3.05, 3.63) is 200 Å². The average Bonchev–Trinajstić information content (AvgIpc) is 4.04. The van der Waals surface area contributed by atoms with Crippen molar-refractivity contribution in [3.63, 3.8) is 0 Å². The number of aryl methyl sites for hydroxylation is 4. The molecule has 60 heavy (non-hydrogen) atoms. The Bertz CT molecular complexity index is 3540. The lowest BCUT2D eigenvalue weighted by Crippen LogP contribution is -2.45. The number of hydrogen-bond acceptors (Lipinski definition) is 6. The normalized spacial score (nSPS) is 18.8. The molecule has 0 amide bonds. The molecule has 282 valence electrons. The Kier molecular flexibility index (Phi) is 5.47. The van der Waals surface area contributed by atoms with Crippen LogP contribution in [0.2, 0.25) is 0 Å². The van der Waals surface area contributed by atoms with E-state index < -0.39 is 11.3 Å². The quantitative estimate of drug-likeness (QED) is 0.134. The molecule has 2 aliphatic heterocycles. The maximum absolute atomic E-state index is 15.3. The Balaban J connectivity index is 0.995. The van der Waals surface area contributed by atoms with Crippen LogP contribution < -0.4 is 26.5 Å². The molecular weight excluding hydrogens is 737 g/mol. The zero-order chi connectivity index (χ0) is 39.2. The van der Waals surface area contributed by atoms with Gasteiger partial charge in [0.15, 0.2) is 11.3 Å². The summed E-state index contributed by atoms with van der Waals surface area (Å²) in [7, 11) is 0. The van der Waals surface area contributed by atoms with E-state index in [9.17, 15) is 5.11 Å². The summed E-state index contributed by atoms with van der Waals surface area (Å²) in [5.41, 5.74) is 16.7. The van der Waals surface area contributed by atoms with Gasteiger partial charge < -0.3 is 21.1 Å². The van der Waals surface area contributed by atoms with E-state index in [2.05, 4.69) is 149 Å². The van der Waals surface area contributed by atoms with Crippen LogP contribution in [-0.2, 0) is 41.8 Å².